The number of rotatable bonds is 4. The molecule has 0 saturated carbocycles. The summed E-state index contributed by atoms with van der Waals surface area (Å²) in [6.07, 6.45) is 0.748. The van der Waals surface area contributed by atoms with Crippen LogP contribution in [0, 0.1) is 0 Å². The Morgan fingerprint density at radius 3 is 2.21 bits per heavy atom. The Labute approximate surface area is 112 Å². The summed E-state index contributed by atoms with van der Waals surface area (Å²) in [6.45, 7) is 1.21. The van der Waals surface area contributed by atoms with Crippen LogP contribution in [-0.2, 0) is 4.79 Å². The Balaban J connectivity index is 2.49. The fraction of sp³-hybridized carbons (Fsp3) is 0.500. The van der Waals surface area contributed by atoms with E-state index >= 15 is 0 Å². The van der Waals surface area contributed by atoms with Gasteiger partial charge < -0.3 is 19.5 Å². The van der Waals surface area contributed by atoms with E-state index < -0.39 is 0 Å². The number of ether oxygens (including phenoxy) is 3. The third-order valence-electron chi connectivity index (χ3n) is 3.40. The van der Waals surface area contributed by atoms with Gasteiger partial charge >= 0.3 is 0 Å². The van der Waals surface area contributed by atoms with Crippen LogP contribution in [0.3, 0.4) is 0 Å². The molecule has 0 bridgehead atoms. The molecule has 104 valence electrons. The molecule has 0 aromatic heterocycles. The Bertz CT molecular complexity index is 448. The van der Waals surface area contributed by atoms with Crippen molar-refractivity contribution in [1.29, 1.82) is 0 Å². The van der Waals surface area contributed by atoms with E-state index in [9.17, 15) is 4.79 Å². The van der Waals surface area contributed by atoms with E-state index in [1.54, 1.807) is 33.5 Å². The quantitative estimate of drug-likeness (QED) is 0.890. The highest BCUT2D eigenvalue weighted by molar-refractivity contribution is 5.89. The first kappa shape index (κ1) is 13.7. The molecule has 1 N–H and O–H groups in total. The second-order valence-electron chi connectivity index (χ2n) is 4.43. The summed E-state index contributed by atoms with van der Waals surface area (Å²) in [4.78, 5) is 12.1. The van der Waals surface area contributed by atoms with Crippen molar-refractivity contribution in [2.45, 2.75) is 12.3 Å². The van der Waals surface area contributed by atoms with Gasteiger partial charge in [0.15, 0.2) is 5.78 Å². The van der Waals surface area contributed by atoms with Crippen LogP contribution in [0.15, 0.2) is 12.1 Å². The number of hydrogen-bond acceptors (Lipinski definition) is 5. The summed E-state index contributed by atoms with van der Waals surface area (Å²) in [5, 5.41) is 3.08. The Morgan fingerprint density at radius 1 is 1.11 bits per heavy atom. The van der Waals surface area contributed by atoms with E-state index in [4.69, 9.17) is 14.2 Å². The van der Waals surface area contributed by atoms with Crippen LogP contribution >= 0.6 is 0 Å². The Morgan fingerprint density at radius 2 is 1.74 bits per heavy atom. The van der Waals surface area contributed by atoms with Gasteiger partial charge in [0.1, 0.15) is 17.2 Å². The van der Waals surface area contributed by atoms with E-state index in [0.717, 1.165) is 18.5 Å². The number of carbonyl (C=O) groups is 1. The van der Waals surface area contributed by atoms with Gasteiger partial charge in [-0.2, -0.15) is 0 Å². The molecule has 0 aliphatic carbocycles. The van der Waals surface area contributed by atoms with Crippen molar-refractivity contribution in [2.75, 3.05) is 34.4 Å². The predicted molar refractivity (Wildman–Crippen MR) is 71.3 cm³/mol. The molecule has 1 aromatic carbocycles. The topological polar surface area (TPSA) is 56.8 Å². The summed E-state index contributed by atoms with van der Waals surface area (Å²) in [5.41, 5.74) is 0.817. The second kappa shape index (κ2) is 5.93. The molecule has 0 amide bonds. The second-order valence-corrected chi connectivity index (χ2v) is 4.43. The summed E-state index contributed by atoms with van der Waals surface area (Å²) in [6, 6.07) is 3.57. The van der Waals surface area contributed by atoms with Gasteiger partial charge in [-0.15, -0.1) is 0 Å². The maximum Gasteiger partial charge on any atom is 0.154 e. The molecule has 2 rings (SSSR count). The van der Waals surface area contributed by atoms with Gasteiger partial charge in [0, 0.05) is 17.7 Å². The molecule has 1 saturated heterocycles. The zero-order valence-corrected chi connectivity index (χ0v) is 11.5. The van der Waals surface area contributed by atoms with Gasteiger partial charge in [0.05, 0.1) is 33.8 Å². The van der Waals surface area contributed by atoms with E-state index in [-0.39, 0.29) is 11.7 Å². The van der Waals surface area contributed by atoms with E-state index in [1.807, 2.05) is 0 Å². The molecule has 1 aromatic rings. The molecule has 1 heterocycles. The average molecular weight is 265 g/mol. The van der Waals surface area contributed by atoms with Crippen molar-refractivity contribution >= 4 is 5.78 Å². The van der Waals surface area contributed by atoms with Crippen LogP contribution in [0.2, 0.25) is 0 Å². The first-order valence-corrected chi connectivity index (χ1v) is 6.24. The van der Waals surface area contributed by atoms with Crippen molar-refractivity contribution in [3.05, 3.63) is 17.7 Å². The van der Waals surface area contributed by atoms with Crippen LogP contribution in [0.4, 0.5) is 0 Å². The fourth-order valence-corrected chi connectivity index (χ4v) is 2.42. The van der Waals surface area contributed by atoms with Crippen molar-refractivity contribution in [3.63, 3.8) is 0 Å². The van der Waals surface area contributed by atoms with Crippen LogP contribution < -0.4 is 19.5 Å². The number of piperidine rings is 1. The number of nitrogens with one attached hydrogen (secondary N) is 1. The minimum absolute atomic E-state index is 0.160. The van der Waals surface area contributed by atoms with E-state index in [2.05, 4.69) is 5.32 Å². The van der Waals surface area contributed by atoms with Crippen molar-refractivity contribution < 1.29 is 19.0 Å². The van der Waals surface area contributed by atoms with E-state index in [0.29, 0.717) is 23.8 Å². The third-order valence-corrected chi connectivity index (χ3v) is 3.40. The standard InChI is InChI=1S/C14H19NO4/c1-17-9-6-12(18-2)14(13(7-9)19-3)10-4-5-15-8-11(10)16/h6-7,10,15H,4-5,8H2,1-3H3. The highest BCUT2D eigenvalue weighted by atomic mass is 16.5. The first-order chi connectivity index (χ1) is 9.21. The SMILES string of the molecule is COc1cc(OC)c(C2CCNCC2=O)c(OC)c1. The highest BCUT2D eigenvalue weighted by Crippen LogP contribution is 2.41. The van der Waals surface area contributed by atoms with Crippen LogP contribution in [-0.4, -0.2) is 40.2 Å². The number of ketones is 1. The van der Waals surface area contributed by atoms with Crippen molar-refractivity contribution in [3.8, 4) is 17.2 Å². The average Bonchev–Trinajstić information content (AvgIpc) is 2.46. The number of Topliss-reactive ketones (excluding diaryl/α,β-unsaturated/α-hetero) is 1. The Hall–Kier alpha value is -1.75. The first-order valence-electron chi connectivity index (χ1n) is 6.24. The van der Waals surface area contributed by atoms with Gasteiger partial charge in [-0.3, -0.25) is 4.79 Å². The molecule has 1 fully saturated rings. The minimum Gasteiger partial charge on any atom is -0.496 e. The lowest BCUT2D eigenvalue weighted by molar-refractivity contribution is -0.120. The van der Waals surface area contributed by atoms with Crippen molar-refractivity contribution in [1.82, 2.24) is 5.32 Å². The van der Waals surface area contributed by atoms with Crippen LogP contribution in [0.1, 0.15) is 17.9 Å². The third kappa shape index (κ3) is 2.66. The van der Waals surface area contributed by atoms with Gasteiger partial charge in [-0.1, -0.05) is 0 Å². The molecule has 1 unspecified atom stereocenters. The van der Waals surface area contributed by atoms with Crippen LogP contribution in [0.5, 0.6) is 17.2 Å². The molecule has 5 nitrogen and oxygen atoms in total. The molecular weight excluding hydrogens is 246 g/mol. The highest BCUT2D eigenvalue weighted by Gasteiger charge is 2.30. The lowest BCUT2D eigenvalue weighted by Gasteiger charge is -2.25. The smallest absolute Gasteiger partial charge is 0.154 e. The van der Waals surface area contributed by atoms with Gasteiger partial charge in [-0.05, 0) is 13.0 Å². The summed E-state index contributed by atoms with van der Waals surface area (Å²) >= 11 is 0. The fourth-order valence-electron chi connectivity index (χ4n) is 2.42. The zero-order valence-electron chi connectivity index (χ0n) is 11.5. The normalized spacial score (nSPS) is 19.1. The zero-order chi connectivity index (χ0) is 13.8. The van der Waals surface area contributed by atoms with E-state index in [1.165, 1.54) is 0 Å². The largest absolute Gasteiger partial charge is 0.496 e. The maximum absolute atomic E-state index is 12.1. The molecule has 1 aliphatic rings. The molecular formula is C14H19NO4. The molecule has 19 heavy (non-hydrogen) atoms. The molecule has 1 atom stereocenters. The lowest BCUT2D eigenvalue weighted by atomic mass is 9.87. The summed E-state index contributed by atoms with van der Waals surface area (Å²) < 4.78 is 16.0. The van der Waals surface area contributed by atoms with Gasteiger partial charge in [-0.25, -0.2) is 0 Å². The van der Waals surface area contributed by atoms with Gasteiger partial charge in [0.25, 0.3) is 0 Å². The lowest BCUT2D eigenvalue weighted by Crippen LogP contribution is -2.35. The monoisotopic (exact) mass is 265 g/mol. The number of methoxy groups -OCH3 is 3. The molecule has 5 heteroatoms. The van der Waals surface area contributed by atoms with Gasteiger partial charge in [0.2, 0.25) is 0 Å². The number of benzene rings is 1. The van der Waals surface area contributed by atoms with Crippen molar-refractivity contribution in [2.24, 2.45) is 0 Å². The molecule has 0 spiro atoms. The maximum atomic E-state index is 12.1. The number of carbonyl (C=O) groups excluding carboxylic acids is 1. The summed E-state index contributed by atoms with van der Waals surface area (Å²) in [7, 11) is 4.76. The molecule has 1 aliphatic heterocycles. The summed E-state index contributed by atoms with van der Waals surface area (Å²) in [5.74, 6) is 1.90. The molecule has 0 radical (unpaired) electrons. The van der Waals surface area contributed by atoms with Crippen LogP contribution in [0.25, 0.3) is 0 Å². The predicted octanol–water partition coefficient (Wildman–Crippen LogP) is 1.36. The number of hydrogen-bond donors (Lipinski definition) is 1. The Kier molecular flexibility index (Phi) is 4.27. The minimum atomic E-state index is -0.183.